The van der Waals surface area contributed by atoms with Gasteiger partial charge in [-0.25, -0.2) is 9.97 Å². The van der Waals surface area contributed by atoms with E-state index in [0.717, 1.165) is 62.4 Å². The van der Waals surface area contributed by atoms with Gasteiger partial charge in [0, 0.05) is 38.7 Å². The first-order valence-corrected chi connectivity index (χ1v) is 7.33. The van der Waals surface area contributed by atoms with Gasteiger partial charge in [0.05, 0.1) is 5.69 Å². The number of amides is 1. The second-order valence-electron chi connectivity index (χ2n) is 5.37. The number of anilines is 1. The lowest BCUT2D eigenvalue weighted by molar-refractivity contribution is -0.122. The number of fused-ring (bicyclic) bond motifs is 1. The molecule has 1 aromatic rings. The third-order valence-corrected chi connectivity index (χ3v) is 4.18. The molecular weight excluding hydrogens is 254 g/mol. The van der Waals surface area contributed by atoms with Crippen molar-refractivity contribution in [2.24, 2.45) is 0 Å². The fourth-order valence-electron chi connectivity index (χ4n) is 3.13. The number of nitrogens with one attached hydrogen (secondary N) is 2. The Morgan fingerprint density at radius 1 is 1.45 bits per heavy atom. The average Bonchev–Trinajstić information content (AvgIpc) is 2.53. The lowest BCUT2D eigenvalue weighted by Gasteiger charge is -2.37. The first-order chi connectivity index (χ1) is 9.81. The Kier molecular flexibility index (Phi) is 3.82. The number of aromatic nitrogens is 2. The molecule has 3 heterocycles. The fraction of sp³-hybridized carbons (Fsp3) is 0.643. The minimum atomic E-state index is -0.102. The standard InChI is InChI=1S/C14H21N5O/c1-15-14(20)12-4-2-3-7-19(12)13-10-8-16-6-5-11(10)17-9-18-13/h9,12,16H,2-8H2,1H3,(H,15,20). The topological polar surface area (TPSA) is 70.2 Å². The Bertz CT molecular complexity index is 504. The van der Waals surface area contributed by atoms with E-state index in [2.05, 4.69) is 25.5 Å². The molecule has 0 radical (unpaired) electrons. The van der Waals surface area contributed by atoms with Crippen LogP contribution in [-0.2, 0) is 17.8 Å². The molecule has 2 N–H and O–H groups in total. The van der Waals surface area contributed by atoms with Crippen molar-refractivity contribution in [2.45, 2.75) is 38.3 Å². The highest BCUT2D eigenvalue weighted by Gasteiger charge is 2.31. The van der Waals surface area contributed by atoms with E-state index in [-0.39, 0.29) is 11.9 Å². The third-order valence-electron chi connectivity index (χ3n) is 4.18. The molecule has 0 aliphatic carbocycles. The summed E-state index contributed by atoms with van der Waals surface area (Å²) in [4.78, 5) is 23.1. The molecular formula is C14H21N5O. The van der Waals surface area contributed by atoms with Crippen LogP contribution in [0.5, 0.6) is 0 Å². The number of piperidine rings is 1. The Morgan fingerprint density at radius 3 is 3.20 bits per heavy atom. The minimum absolute atomic E-state index is 0.0841. The van der Waals surface area contributed by atoms with Crippen LogP contribution >= 0.6 is 0 Å². The molecule has 108 valence electrons. The zero-order valence-electron chi connectivity index (χ0n) is 11.9. The van der Waals surface area contributed by atoms with E-state index >= 15 is 0 Å². The van der Waals surface area contributed by atoms with Crippen LogP contribution in [0.1, 0.15) is 30.5 Å². The van der Waals surface area contributed by atoms with Gasteiger partial charge in [-0.2, -0.15) is 0 Å². The summed E-state index contributed by atoms with van der Waals surface area (Å²) in [6.45, 7) is 2.65. The van der Waals surface area contributed by atoms with E-state index in [1.165, 1.54) is 0 Å². The molecule has 0 saturated carbocycles. The normalized spacial score (nSPS) is 22.2. The number of hydrogen-bond donors (Lipinski definition) is 2. The Balaban J connectivity index is 1.95. The van der Waals surface area contributed by atoms with Crippen molar-refractivity contribution < 1.29 is 4.79 Å². The fourth-order valence-corrected chi connectivity index (χ4v) is 3.13. The Morgan fingerprint density at radius 2 is 2.35 bits per heavy atom. The van der Waals surface area contributed by atoms with E-state index < -0.39 is 0 Å². The number of carbonyl (C=O) groups is 1. The maximum atomic E-state index is 12.1. The maximum absolute atomic E-state index is 12.1. The monoisotopic (exact) mass is 275 g/mol. The molecule has 6 nitrogen and oxygen atoms in total. The van der Waals surface area contributed by atoms with Gasteiger partial charge < -0.3 is 15.5 Å². The van der Waals surface area contributed by atoms with E-state index in [0.29, 0.717) is 0 Å². The molecule has 0 spiro atoms. The van der Waals surface area contributed by atoms with Gasteiger partial charge >= 0.3 is 0 Å². The number of hydrogen-bond acceptors (Lipinski definition) is 5. The highest BCUT2D eigenvalue weighted by Crippen LogP contribution is 2.28. The molecule has 1 unspecified atom stereocenters. The predicted molar refractivity (Wildman–Crippen MR) is 76.5 cm³/mol. The maximum Gasteiger partial charge on any atom is 0.242 e. The third kappa shape index (κ3) is 2.35. The molecule has 0 aromatic carbocycles. The summed E-state index contributed by atoms with van der Waals surface area (Å²) in [5, 5.41) is 6.15. The molecule has 2 aliphatic heterocycles. The number of rotatable bonds is 2. The van der Waals surface area contributed by atoms with E-state index in [1.54, 1.807) is 13.4 Å². The number of carbonyl (C=O) groups excluding carboxylic acids is 1. The largest absolute Gasteiger partial charge is 0.357 e. The molecule has 1 saturated heterocycles. The first-order valence-electron chi connectivity index (χ1n) is 7.33. The molecule has 1 atom stereocenters. The van der Waals surface area contributed by atoms with Crippen molar-refractivity contribution in [2.75, 3.05) is 25.0 Å². The summed E-state index contributed by atoms with van der Waals surface area (Å²) >= 11 is 0. The molecule has 1 amide bonds. The van der Waals surface area contributed by atoms with Crippen LogP contribution in [0.4, 0.5) is 5.82 Å². The smallest absolute Gasteiger partial charge is 0.242 e. The Labute approximate surface area is 119 Å². The molecule has 1 fully saturated rings. The Hall–Kier alpha value is -1.69. The number of likely N-dealkylation sites (N-methyl/N-ethyl adjacent to an activating group) is 1. The highest BCUT2D eigenvalue weighted by molar-refractivity contribution is 5.85. The van der Waals surface area contributed by atoms with Crippen molar-refractivity contribution in [1.29, 1.82) is 0 Å². The van der Waals surface area contributed by atoms with Crippen molar-refractivity contribution in [3.05, 3.63) is 17.6 Å². The summed E-state index contributed by atoms with van der Waals surface area (Å²) < 4.78 is 0. The highest BCUT2D eigenvalue weighted by atomic mass is 16.2. The van der Waals surface area contributed by atoms with Crippen LogP contribution in [0, 0.1) is 0 Å². The summed E-state index contributed by atoms with van der Waals surface area (Å²) in [7, 11) is 1.70. The molecule has 1 aromatic heterocycles. The lowest BCUT2D eigenvalue weighted by Crippen LogP contribution is -2.50. The van der Waals surface area contributed by atoms with Crippen molar-refractivity contribution in [1.82, 2.24) is 20.6 Å². The molecule has 20 heavy (non-hydrogen) atoms. The zero-order chi connectivity index (χ0) is 13.9. The van der Waals surface area contributed by atoms with Crippen LogP contribution < -0.4 is 15.5 Å². The van der Waals surface area contributed by atoms with Crippen molar-refractivity contribution >= 4 is 11.7 Å². The summed E-state index contributed by atoms with van der Waals surface area (Å²) in [5.74, 6) is 1.02. The summed E-state index contributed by atoms with van der Waals surface area (Å²) in [6.07, 6.45) is 5.67. The minimum Gasteiger partial charge on any atom is -0.357 e. The van der Waals surface area contributed by atoms with Gasteiger partial charge in [0.15, 0.2) is 0 Å². The summed E-state index contributed by atoms with van der Waals surface area (Å²) in [6, 6.07) is -0.102. The predicted octanol–water partition coefficient (Wildman–Crippen LogP) is 0.227. The quantitative estimate of drug-likeness (QED) is 0.808. The average molecular weight is 275 g/mol. The van der Waals surface area contributed by atoms with Crippen LogP contribution in [0.3, 0.4) is 0 Å². The van der Waals surface area contributed by atoms with E-state index in [9.17, 15) is 4.79 Å². The van der Waals surface area contributed by atoms with Gasteiger partial charge in [0.1, 0.15) is 18.2 Å². The van der Waals surface area contributed by atoms with Crippen LogP contribution in [0.2, 0.25) is 0 Å². The van der Waals surface area contributed by atoms with Crippen LogP contribution in [-0.4, -0.2) is 42.1 Å². The number of nitrogens with zero attached hydrogens (tertiary/aromatic N) is 3. The van der Waals surface area contributed by atoms with Gasteiger partial charge in [0.2, 0.25) is 5.91 Å². The molecule has 3 rings (SSSR count). The van der Waals surface area contributed by atoms with Gasteiger partial charge in [-0.15, -0.1) is 0 Å². The van der Waals surface area contributed by atoms with E-state index in [4.69, 9.17) is 0 Å². The molecule has 6 heteroatoms. The van der Waals surface area contributed by atoms with E-state index in [1.807, 2.05) is 0 Å². The van der Waals surface area contributed by atoms with Gasteiger partial charge in [-0.1, -0.05) is 0 Å². The van der Waals surface area contributed by atoms with Crippen LogP contribution in [0.15, 0.2) is 6.33 Å². The molecule has 0 bridgehead atoms. The van der Waals surface area contributed by atoms with Gasteiger partial charge in [-0.05, 0) is 19.3 Å². The lowest BCUT2D eigenvalue weighted by atomic mass is 9.99. The zero-order valence-corrected chi connectivity index (χ0v) is 11.9. The second kappa shape index (κ2) is 5.75. The first kappa shape index (κ1) is 13.3. The second-order valence-corrected chi connectivity index (χ2v) is 5.37. The van der Waals surface area contributed by atoms with Gasteiger partial charge in [-0.3, -0.25) is 4.79 Å². The van der Waals surface area contributed by atoms with Crippen LogP contribution in [0.25, 0.3) is 0 Å². The molecule has 2 aliphatic rings. The summed E-state index contributed by atoms with van der Waals surface area (Å²) in [5.41, 5.74) is 2.28. The van der Waals surface area contributed by atoms with Crippen molar-refractivity contribution in [3.8, 4) is 0 Å². The van der Waals surface area contributed by atoms with Crippen molar-refractivity contribution in [3.63, 3.8) is 0 Å². The van der Waals surface area contributed by atoms with Gasteiger partial charge in [0.25, 0.3) is 0 Å². The SMILES string of the molecule is CNC(=O)C1CCCCN1c1ncnc2c1CNCC2.